The molecule has 0 bridgehead atoms. The van der Waals surface area contributed by atoms with E-state index in [1.54, 1.807) is 0 Å². The van der Waals surface area contributed by atoms with Crippen LogP contribution < -0.4 is 0 Å². The SMILES string of the molecule is Cc1cccc([C@@H]2C[C@H]2C(=O)Cl)c1. The highest BCUT2D eigenvalue weighted by Crippen LogP contribution is 2.48. The van der Waals surface area contributed by atoms with Crippen LogP contribution in [0.5, 0.6) is 0 Å². The summed E-state index contributed by atoms with van der Waals surface area (Å²) >= 11 is 5.42. The van der Waals surface area contributed by atoms with Crippen LogP contribution in [0, 0.1) is 12.8 Å². The summed E-state index contributed by atoms with van der Waals surface area (Å²) in [6.07, 6.45) is 0.922. The first-order valence-corrected chi connectivity index (χ1v) is 4.82. The van der Waals surface area contributed by atoms with Crippen LogP contribution in [-0.2, 0) is 4.79 Å². The Kier molecular flexibility index (Phi) is 2.12. The maximum atomic E-state index is 10.8. The van der Waals surface area contributed by atoms with Gasteiger partial charge in [-0.25, -0.2) is 0 Å². The summed E-state index contributed by atoms with van der Waals surface area (Å²) < 4.78 is 0. The van der Waals surface area contributed by atoms with Crippen LogP contribution in [0.4, 0.5) is 0 Å². The number of rotatable bonds is 2. The molecular formula is C11H11ClO. The van der Waals surface area contributed by atoms with Crippen molar-refractivity contribution in [3.05, 3.63) is 35.4 Å². The minimum Gasteiger partial charge on any atom is -0.281 e. The Morgan fingerprint density at radius 2 is 2.31 bits per heavy atom. The van der Waals surface area contributed by atoms with E-state index in [1.165, 1.54) is 11.1 Å². The van der Waals surface area contributed by atoms with Crippen molar-refractivity contribution in [2.75, 3.05) is 0 Å². The van der Waals surface area contributed by atoms with Crippen molar-refractivity contribution >= 4 is 16.8 Å². The van der Waals surface area contributed by atoms with E-state index in [1.807, 2.05) is 6.07 Å². The van der Waals surface area contributed by atoms with Crippen LogP contribution in [0.2, 0.25) is 0 Å². The lowest BCUT2D eigenvalue weighted by Gasteiger charge is -1.99. The molecule has 1 aromatic carbocycles. The number of carbonyl (C=O) groups excluding carboxylic acids is 1. The van der Waals surface area contributed by atoms with Crippen molar-refractivity contribution in [3.8, 4) is 0 Å². The largest absolute Gasteiger partial charge is 0.281 e. The Balaban J connectivity index is 2.16. The van der Waals surface area contributed by atoms with Gasteiger partial charge in [-0.15, -0.1) is 0 Å². The van der Waals surface area contributed by atoms with Crippen LogP contribution >= 0.6 is 11.6 Å². The normalized spacial score (nSPS) is 25.7. The smallest absolute Gasteiger partial charge is 0.225 e. The molecule has 13 heavy (non-hydrogen) atoms. The fourth-order valence-corrected chi connectivity index (χ4v) is 1.96. The van der Waals surface area contributed by atoms with Crippen LogP contribution in [-0.4, -0.2) is 5.24 Å². The molecular weight excluding hydrogens is 184 g/mol. The molecule has 1 fully saturated rings. The lowest BCUT2D eigenvalue weighted by molar-refractivity contribution is -0.112. The first-order valence-electron chi connectivity index (χ1n) is 4.44. The van der Waals surface area contributed by atoms with Gasteiger partial charge in [-0.2, -0.15) is 0 Å². The number of hydrogen-bond acceptors (Lipinski definition) is 1. The summed E-state index contributed by atoms with van der Waals surface area (Å²) in [6, 6.07) is 8.28. The van der Waals surface area contributed by atoms with Gasteiger partial charge in [-0.3, -0.25) is 4.79 Å². The zero-order valence-electron chi connectivity index (χ0n) is 7.46. The van der Waals surface area contributed by atoms with Crippen molar-refractivity contribution in [1.29, 1.82) is 0 Å². The molecule has 0 N–H and O–H groups in total. The van der Waals surface area contributed by atoms with E-state index < -0.39 is 0 Å². The Bertz CT molecular complexity index is 346. The molecule has 0 radical (unpaired) electrons. The maximum absolute atomic E-state index is 10.8. The molecule has 0 saturated heterocycles. The lowest BCUT2D eigenvalue weighted by atomic mass is 10.1. The average Bonchev–Trinajstić information content (AvgIpc) is 2.82. The van der Waals surface area contributed by atoms with Crippen molar-refractivity contribution in [2.24, 2.45) is 5.92 Å². The number of halogens is 1. The predicted octanol–water partition coefficient (Wildman–Crippen LogP) is 2.86. The molecule has 68 valence electrons. The maximum Gasteiger partial charge on any atom is 0.225 e. The molecule has 0 amide bonds. The van der Waals surface area contributed by atoms with Gasteiger partial charge in [0, 0.05) is 5.92 Å². The van der Waals surface area contributed by atoms with Gasteiger partial charge in [-0.05, 0) is 36.4 Å². The minimum atomic E-state index is -0.188. The van der Waals surface area contributed by atoms with Gasteiger partial charge >= 0.3 is 0 Å². The van der Waals surface area contributed by atoms with Crippen LogP contribution in [0.15, 0.2) is 24.3 Å². The van der Waals surface area contributed by atoms with E-state index in [9.17, 15) is 4.79 Å². The third-order valence-corrected chi connectivity index (χ3v) is 2.83. The Morgan fingerprint density at radius 3 is 2.85 bits per heavy atom. The van der Waals surface area contributed by atoms with Gasteiger partial charge in [-0.1, -0.05) is 29.8 Å². The minimum absolute atomic E-state index is 0.0727. The van der Waals surface area contributed by atoms with Crippen molar-refractivity contribution in [2.45, 2.75) is 19.3 Å². The zero-order valence-corrected chi connectivity index (χ0v) is 8.21. The molecule has 1 nitrogen and oxygen atoms in total. The summed E-state index contributed by atoms with van der Waals surface area (Å²) in [5, 5.41) is -0.188. The second-order valence-electron chi connectivity index (χ2n) is 3.67. The quantitative estimate of drug-likeness (QED) is 0.662. The van der Waals surface area contributed by atoms with Crippen LogP contribution in [0.1, 0.15) is 23.5 Å². The molecule has 0 aliphatic heterocycles. The number of aryl methyl sites for hydroxylation is 1. The van der Waals surface area contributed by atoms with Crippen LogP contribution in [0.3, 0.4) is 0 Å². The summed E-state index contributed by atoms with van der Waals surface area (Å²) in [6.45, 7) is 2.06. The van der Waals surface area contributed by atoms with Gasteiger partial charge in [0.05, 0.1) is 0 Å². The van der Waals surface area contributed by atoms with E-state index in [4.69, 9.17) is 11.6 Å². The Morgan fingerprint density at radius 1 is 1.54 bits per heavy atom. The molecule has 1 aliphatic carbocycles. The van der Waals surface area contributed by atoms with Gasteiger partial charge in [0.2, 0.25) is 5.24 Å². The molecule has 0 heterocycles. The first kappa shape index (κ1) is 8.76. The van der Waals surface area contributed by atoms with E-state index >= 15 is 0 Å². The van der Waals surface area contributed by atoms with Crippen molar-refractivity contribution in [3.63, 3.8) is 0 Å². The molecule has 0 unspecified atom stereocenters. The zero-order chi connectivity index (χ0) is 9.42. The monoisotopic (exact) mass is 194 g/mol. The van der Waals surface area contributed by atoms with Gasteiger partial charge in [0.25, 0.3) is 0 Å². The number of hydrogen-bond donors (Lipinski definition) is 0. The van der Waals surface area contributed by atoms with Gasteiger partial charge < -0.3 is 0 Å². The lowest BCUT2D eigenvalue weighted by Crippen LogP contribution is -1.91. The Labute approximate surface area is 82.7 Å². The van der Waals surface area contributed by atoms with Gasteiger partial charge in [0.1, 0.15) is 0 Å². The fraction of sp³-hybridized carbons (Fsp3) is 0.364. The van der Waals surface area contributed by atoms with Gasteiger partial charge in [0.15, 0.2) is 0 Å². The predicted molar refractivity (Wildman–Crippen MR) is 52.9 cm³/mol. The number of benzene rings is 1. The highest BCUT2D eigenvalue weighted by Gasteiger charge is 2.42. The standard InChI is InChI=1S/C11H11ClO/c1-7-3-2-4-8(5-7)9-6-10(9)11(12)13/h2-5,9-10H,6H2,1H3/t9-,10+/m0/s1. The van der Waals surface area contributed by atoms with E-state index in [0.717, 1.165) is 6.42 Å². The topological polar surface area (TPSA) is 17.1 Å². The van der Waals surface area contributed by atoms with E-state index in [2.05, 4.69) is 25.1 Å². The number of carbonyl (C=O) groups is 1. The van der Waals surface area contributed by atoms with Crippen LogP contribution in [0.25, 0.3) is 0 Å². The van der Waals surface area contributed by atoms with Crippen molar-refractivity contribution < 1.29 is 4.79 Å². The first-order chi connectivity index (χ1) is 6.18. The molecule has 0 spiro atoms. The molecule has 2 atom stereocenters. The van der Waals surface area contributed by atoms with Crippen molar-refractivity contribution in [1.82, 2.24) is 0 Å². The Hall–Kier alpha value is -0.820. The second-order valence-corrected chi connectivity index (χ2v) is 4.04. The summed E-state index contributed by atoms with van der Waals surface area (Å²) in [5.74, 6) is 0.452. The van der Waals surface area contributed by atoms with E-state index in [-0.39, 0.29) is 11.2 Å². The third kappa shape index (κ3) is 1.75. The third-order valence-electron chi connectivity index (χ3n) is 2.55. The molecule has 1 saturated carbocycles. The molecule has 2 rings (SSSR count). The summed E-state index contributed by atoms with van der Waals surface area (Å²) in [5.41, 5.74) is 2.49. The summed E-state index contributed by atoms with van der Waals surface area (Å²) in [4.78, 5) is 10.8. The molecule has 1 aromatic rings. The molecule has 0 aromatic heterocycles. The molecule has 1 aliphatic rings. The van der Waals surface area contributed by atoms with E-state index in [0.29, 0.717) is 5.92 Å². The molecule has 2 heteroatoms. The summed E-state index contributed by atoms with van der Waals surface area (Å²) in [7, 11) is 0. The highest BCUT2D eigenvalue weighted by atomic mass is 35.5. The fourth-order valence-electron chi connectivity index (χ4n) is 1.71. The average molecular weight is 195 g/mol. The highest BCUT2D eigenvalue weighted by molar-refractivity contribution is 6.64. The second kappa shape index (κ2) is 3.15.